The molecule has 0 atom stereocenters. The first-order valence-electron chi connectivity index (χ1n) is 9.32. The lowest BCUT2D eigenvalue weighted by molar-refractivity contribution is 0.206. The highest BCUT2D eigenvalue weighted by atomic mass is 127. The number of likely N-dealkylation sites (tertiary alicyclic amines) is 1. The van der Waals surface area contributed by atoms with E-state index in [-0.39, 0.29) is 24.0 Å². The number of guanidine groups is 1. The van der Waals surface area contributed by atoms with E-state index in [9.17, 15) is 0 Å². The molecule has 1 aromatic heterocycles. The lowest BCUT2D eigenvalue weighted by Crippen LogP contribution is -2.48. The SMILES string of the molecule is CCCN1CCC(NC(=NC)NCc2nccn2CC(C)C)CC1.I. The monoisotopic (exact) mass is 462 g/mol. The van der Waals surface area contributed by atoms with E-state index in [0.717, 1.165) is 18.3 Å². The molecule has 0 spiro atoms. The van der Waals surface area contributed by atoms with E-state index >= 15 is 0 Å². The Balaban J connectivity index is 0.00000312. The van der Waals surface area contributed by atoms with Crippen molar-refractivity contribution < 1.29 is 0 Å². The van der Waals surface area contributed by atoms with Crippen molar-refractivity contribution in [1.82, 2.24) is 25.1 Å². The summed E-state index contributed by atoms with van der Waals surface area (Å²) in [7, 11) is 1.84. The van der Waals surface area contributed by atoms with Crippen LogP contribution in [0.25, 0.3) is 0 Å². The molecule has 1 aromatic rings. The molecule has 0 amide bonds. The van der Waals surface area contributed by atoms with Gasteiger partial charge in [0.2, 0.25) is 0 Å². The molecule has 0 aliphatic carbocycles. The molecular formula is C18H35IN6. The second-order valence-corrected chi connectivity index (χ2v) is 7.08. The molecule has 2 heterocycles. The summed E-state index contributed by atoms with van der Waals surface area (Å²) in [6, 6.07) is 0.514. The summed E-state index contributed by atoms with van der Waals surface area (Å²) in [5.74, 6) is 2.55. The first-order valence-corrected chi connectivity index (χ1v) is 9.32. The molecule has 1 aliphatic rings. The largest absolute Gasteiger partial charge is 0.354 e. The fourth-order valence-corrected chi connectivity index (χ4v) is 3.23. The zero-order valence-electron chi connectivity index (χ0n) is 16.2. The summed E-state index contributed by atoms with van der Waals surface area (Å²) in [5, 5.41) is 6.98. The first kappa shape index (κ1) is 22.2. The molecule has 1 aliphatic heterocycles. The fraction of sp³-hybridized carbons (Fsp3) is 0.778. The predicted molar refractivity (Wildman–Crippen MR) is 116 cm³/mol. The maximum atomic E-state index is 4.46. The molecule has 6 nitrogen and oxygen atoms in total. The number of piperidine rings is 1. The maximum Gasteiger partial charge on any atom is 0.191 e. The Morgan fingerprint density at radius 3 is 2.68 bits per heavy atom. The van der Waals surface area contributed by atoms with E-state index in [0.29, 0.717) is 18.5 Å². The van der Waals surface area contributed by atoms with Crippen LogP contribution in [-0.4, -0.2) is 53.1 Å². The van der Waals surface area contributed by atoms with E-state index in [1.807, 2.05) is 13.2 Å². The highest BCUT2D eigenvalue weighted by Crippen LogP contribution is 2.10. The van der Waals surface area contributed by atoms with Crippen LogP contribution in [0.15, 0.2) is 17.4 Å². The number of hydrogen-bond acceptors (Lipinski definition) is 3. The molecule has 0 saturated carbocycles. The van der Waals surface area contributed by atoms with Crippen molar-refractivity contribution in [2.75, 3.05) is 26.7 Å². The molecule has 2 rings (SSSR count). The molecule has 0 unspecified atom stereocenters. The van der Waals surface area contributed by atoms with Gasteiger partial charge in [-0.25, -0.2) is 4.98 Å². The number of nitrogens with zero attached hydrogens (tertiary/aromatic N) is 4. The molecule has 144 valence electrons. The molecule has 0 radical (unpaired) electrons. The van der Waals surface area contributed by atoms with Gasteiger partial charge in [-0.15, -0.1) is 24.0 Å². The van der Waals surface area contributed by atoms with Gasteiger partial charge in [0.05, 0.1) is 6.54 Å². The van der Waals surface area contributed by atoms with Crippen molar-refractivity contribution >= 4 is 29.9 Å². The lowest BCUT2D eigenvalue weighted by atomic mass is 10.1. The van der Waals surface area contributed by atoms with E-state index in [4.69, 9.17) is 0 Å². The second kappa shape index (κ2) is 11.7. The van der Waals surface area contributed by atoms with Gasteiger partial charge < -0.3 is 20.1 Å². The Hall–Kier alpha value is -0.830. The third kappa shape index (κ3) is 7.52. The highest BCUT2D eigenvalue weighted by Gasteiger charge is 2.19. The van der Waals surface area contributed by atoms with Gasteiger partial charge >= 0.3 is 0 Å². The molecule has 0 bridgehead atoms. The van der Waals surface area contributed by atoms with Gasteiger partial charge in [-0.1, -0.05) is 20.8 Å². The van der Waals surface area contributed by atoms with Gasteiger partial charge in [-0.2, -0.15) is 0 Å². The van der Waals surface area contributed by atoms with Crippen LogP contribution >= 0.6 is 24.0 Å². The van der Waals surface area contributed by atoms with E-state index < -0.39 is 0 Å². The Labute approximate surface area is 169 Å². The zero-order valence-corrected chi connectivity index (χ0v) is 18.5. The van der Waals surface area contributed by atoms with Crippen molar-refractivity contribution in [3.05, 3.63) is 18.2 Å². The average Bonchev–Trinajstić information content (AvgIpc) is 2.99. The van der Waals surface area contributed by atoms with Crippen molar-refractivity contribution in [3.8, 4) is 0 Å². The van der Waals surface area contributed by atoms with Crippen molar-refractivity contribution in [2.45, 2.75) is 59.2 Å². The van der Waals surface area contributed by atoms with E-state index in [2.05, 4.69) is 57.0 Å². The van der Waals surface area contributed by atoms with Gasteiger partial charge in [0.1, 0.15) is 5.82 Å². The average molecular weight is 462 g/mol. The van der Waals surface area contributed by atoms with Crippen molar-refractivity contribution in [3.63, 3.8) is 0 Å². The van der Waals surface area contributed by atoms with Crippen LogP contribution in [0.2, 0.25) is 0 Å². The minimum atomic E-state index is 0. The molecule has 1 fully saturated rings. The molecule has 2 N–H and O–H groups in total. The number of nitrogens with one attached hydrogen (secondary N) is 2. The third-order valence-electron chi connectivity index (χ3n) is 4.47. The molecule has 7 heteroatoms. The van der Waals surface area contributed by atoms with Crippen LogP contribution in [0.4, 0.5) is 0 Å². The standard InChI is InChI=1S/C18H34N6.HI/c1-5-9-23-10-6-16(7-11-23)22-18(19-4)21-13-17-20-8-12-24(17)14-15(2)3;/h8,12,15-16H,5-7,9-11,13-14H2,1-4H3,(H2,19,21,22);1H. The molecule has 0 aromatic carbocycles. The summed E-state index contributed by atoms with van der Waals surface area (Å²) >= 11 is 0. The smallest absolute Gasteiger partial charge is 0.191 e. The lowest BCUT2D eigenvalue weighted by Gasteiger charge is -2.32. The van der Waals surface area contributed by atoms with Gasteiger partial charge in [0.25, 0.3) is 0 Å². The predicted octanol–water partition coefficient (Wildman–Crippen LogP) is 2.70. The Morgan fingerprint density at radius 2 is 2.08 bits per heavy atom. The fourth-order valence-electron chi connectivity index (χ4n) is 3.23. The Kier molecular flexibility index (Phi) is 10.4. The normalized spacial score (nSPS) is 16.8. The number of aliphatic imine (C=N–C) groups is 1. The van der Waals surface area contributed by atoms with Crippen molar-refractivity contribution in [2.24, 2.45) is 10.9 Å². The summed E-state index contributed by atoms with van der Waals surface area (Å²) < 4.78 is 2.22. The Bertz CT molecular complexity index is 505. The van der Waals surface area contributed by atoms with E-state index in [1.165, 1.54) is 38.9 Å². The summed E-state index contributed by atoms with van der Waals surface area (Å²) in [4.78, 5) is 11.4. The summed E-state index contributed by atoms with van der Waals surface area (Å²) in [5.41, 5.74) is 0. The molecular weight excluding hydrogens is 427 g/mol. The molecule has 1 saturated heterocycles. The van der Waals surface area contributed by atoms with Gasteiger partial charge in [0, 0.05) is 45.1 Å². The number of halogens is 1. The van der Waals surface area contributed by atoms with Gasteiger partial charge in [-0.05, 0) is 31.7 Å². The van der Waals surface area contributed by atoms with Crippen molar-refractivity contribution in [1.29, 1.82) is 0 Å². The van der Waals surface area contributed by atoms with Crippen LogP contribution in [0.5, 0.6) is 0 Å². The molecule has 25 heavy (non-hydrogen) atoms. The van der Waals surface area contributed by atoms with Gasteiger partial charge in [-0.3, -0.25) is 4.99 Å². The van der Waals surface area contributed by atoms with Gasteiger partial charge in [0.15, 0.2) is 5.96 Å². The van der Waals surface area contributed by atoms with Crippen LogP contribution in [0.3, 0.4) is 0 Å². The number of hydrogen-bond donors (Lipinski definition) is 2. The quantitative estimate of drug-likeness (QED) is 0.372. The number of rotatable bonds is 7. The minimum absolute atomic E-state index is 0. The number of aromatic nitrogens is 2. The summed E-state index contributed by atoms with van der Waals surface area (Å²) in [6.07, 6.45) is 7.53. The van der Waals surface area contributed by atoms with Crippen LogP contribution in [-0.2, 0) is 13.1 Å². The van der Waals surface area contributed by atoms with Crippen LogP contribution < -0.4 is 10.6 Å². The van der Waals surface area contributed by atoms with Crippen LogP contribution in [0.1, 0.15) is 45.9 Å². The first-order chi connectivity index (χ1) is 11.6. The number of imidazole rings is 1. The van der Waals surface area contributed by atoms with E-state index in [1.54, 1.807) is 0 Å². The minimum Gasteiger partial charge on any atom is -0.354 e. The highest BCUT2D eigenvalue weighted by molar-refractivity contribution is 14.0. The third-order valence-corrected chi connectivity index (χ3v) is 4.47. The summed E-state index contributed by atoms with van der Waals surface area (Å²) in [6.45, 7) is 12.0. The Morgan fingerprint density at radius 1 is 1.36 bits per heavy atom. The zero-order chi connectivity index (χ0) is 17.4. The second-order valence-electron chi connectivity index (χ2n) is 7.08. The van der Waals surface area contributed by atoms with Crippen LogP contribution in [0, 0.1) is 5.92 Å². The topological polar surface area (TPSA) is 57.5 Å². The maximum absolute atomic E-state index is 4.46.